The largest absolute Gasteiger partial charge is 0.573 e. The predicted molar refractivity (Wildman–Crippen MR) is 66.6 cm³/mol. The number of hydrogen-bond donors (Lipinski definition) is 0. The molecule has 0 unspecified atom stereocenters. The highest BCUT2D eigenvalue weighted by Gasteiger charge is 2.52. The van der Waals surface area contributed by atoms with Crippen molar-refractivity contribution >= 4 is 12.7 Å². The molecule has 0 radical (unpaired) electrons. The molecule has 0 aromatic carbocycles. The molecular formula is C12H15BF3NO3. The van der Waals surface area contributed by atoms with Crippen LogP contribution in [0.1, 0.15) is 27.7 Å². The zero-order valence-corrected chi connectivity index (χ0v) is 11.6. The average molecular weight is 289 g/mol. The van der Waals surface area contributed by atoms with Gasteiger partial charge in [0.05, 0.1) is 16.8 Å². The lowest BCUT2D eigenvalue weighted by molar-refractivity contribution is -0.274. The van der Waals surface area contributed by atoms with Crippen molar-refractivity contribution in [1.82, 2.24) is 4.98 Å². The molecule has 8 heteroatoms. The van der Waals surface area contributed by atoms with Gasteiger partial charge in [0.2, 0.25) is 0 Å². The Hall–Kier alpha value is -1.28. The zero-order valence-electron chi connectivity index (χ0n) is 11.6. The second-order valence-corrected chi connectivity index (χ2v) is 5.55. The maximum atomic E-state index is 12.2. The van der Waals surface area contributed by atoms with Crippen LogP contribution in [0.2, 0.25) is 0 Å². The van der Waals surface area contributed by atoms with Crippen LogP contribution in [0.3, 0.4) is 0 Å². The SMILES string of the molecule is CC1(C)OB(c2cc(OC(F)(F)F)ccn2)OC1(C)C. The normalized spacial score (nSPS) is 21.1. The van der Waals surface area contributed by atoms with E-state index in [-0.39, 0.29) is 11.3 Å². The Bertz CT molecular complexity index is 489. The number of pyridine rings is 1. The van der Waals surface area contributed by atoms with E-state index >= 15 is 0 Å². The average Bonchev–Trinajstić information content (AvgIpc) is 2.46. The summed E-state index contributed by atoms with van der Waals surface area (Å²) in [7, 11) is -0.822. The molecule has 0 spiro atoms. The summed E-state index contributed by atoms with van der Waals surface area (Å²) in [4.78, 5) is 3.99. The first-order chi connectivity index (χ1) is 9.00. The van der Waals surface area contributed by atoms with Crippen LogP contribution in [0.25, 0.3) is 0 Å². The lowest BCUT2D eigenvalue weighted by Crippen LogP contribution is -2.41. The van der Waals surface area contributed by atoms with Gasteiger partial charge in [0, 0.05) is 6.20 Å². The highest BCUT2D eigenvalue weighted by atomic mass is 19.4. The summed E-state index contributed by atoms with van der Waals surface area (Å²) in [5.41, 5.74) is -0.925. The molecule has 1 aromatic rings. The molecule has 0 aliphatic carbocycles. The van der Waals surface area contributed by atoms with E-state index in [9.17, 15) is 13.2 Å². The van der Waals surface area contributed by atoms with Crippen molar-refractivity contribution < 1.29 is 27.2 Å². The Morgan fingerprint density at radius 2 is 1.70 bits per heavy atom. The number of aromatic nitrogens is 1. The molecule has 2 heterocycles. The Balaban J connectivity index is 2.21. The van der Waals surface area contributed by atoms with Crippen molar-refractivity contribution in [3.05, 3.63) is 18.3 Å². The van der Waals surface area contributed by atoms with Crippen LogP contribution in [-0.4, -0.2) is 29.7 Å². The maximum Gasteiger partial charge on any atom is 0.573 e. The molecule has 1 aliphatic heterocycles. The summed E-state index contributed by atoms with van der Waals surface area (Å²) in [5.74, 6) is -0.350. The molecule has 110 valence electrons. The van der Waals surface area contributed by atoms with Crippen molar-refractivity contribution in [1.29, 1.82) is 0 Å². The Kier molecular flexibility index (Phi) is 3.50. The van der Waals surface area contributed by atoms with E-state index in [1.54, 1.807) is 0 Å². The van der Waals surface area contributed by atoms with Crippen molar-refractivity contribution in [2.45, 2.75) is 45.3 Å². The van der Waals surface area contributed by atoms with Gasteiger partial charge >= 0.3 is 13.5 Å². The molecule has 2 rings (SSSR count). The van der Waals surface area contributed by atoms with Gasteiger partial charge in [-0.05, 0) is 39.8 Å². The van der Waals surface area contributed by atoms with Crippen molar-refractivity contribution in [2.24, 2.45) is 0 Å². The van der Waals surface area contributed by atoms with Crippen LogP contribution in [-0.2, 0) is 9.31 Å². The van der Waals surface area contributed by atoms with E-state index < -0.39 is 24.7 Å². The van der Waals surface area contributed by atoms with Gasteiger partial charge < -0.3 is 14.0 Å². The predicted octanol–water partition coefficient (Wildman–Crippen LogP) is 2.28. The summed E-state index contributed by atoms with van der Waals surface area (Å²) < 4.78 is 51.9. The highest BCUT2D eigenvalue weighted by Crippen LogP contribution is 2.36. The number of alkyl halides is 3. The standard InChI is InChI=1S/C12H15BF3NO3/c1-10(2)11(3,4)20-13(19-10)9-7-8(5-6-17-9)18-12(14,15)16/h5-7H,1-4H3. The van der Waals surface area contributed by atoms with E-state index in [0.717, 1.165) is 12.1 Å². The molecule has 1 aliphatic rings. The lowest BCUT2D eigenvalue weighted by Gasteiger charge is -2.32. The van der Waals surface area contributed by atoms with Crippen LogP contribution < -0.4 is 10.3 Å². The summed E-state index contributed by atoms with van der Waals surface area (Å²) in [6, 6.07) is 2.29. The zero-order chi connectivity index (χ0) is 15.2. The first-order valence-electron chi connectivity index (χ1n) is 6.07. The van der Waals surface area contributed by atoms with Gasteiger partial charge in [-0.1, -0.05) is 0 Å². The van der Waals surface area contributed by atoms with E-state index in [0.29, 0.717) is 0 Å². The molecule has 1 aromatic heterocycles. The first kappa shape index (κ1) is 15.1. The van der Waals surface area contributed by atoms with Gasteiger partial charge in [-0.2, -0.15) is 0 Å². The van der Waals surface area contributed by atoms with E-state index in [2.05, 4.69) is 9.72 Å². The molecule has 0 saturated carbocycles. The van der Waals surface area contributed by atoms with Crippen LogP contribution in [0.5, 0.6) is 5.75 Å². The fourth-order valence-electron chi connectivity index (χ4n) is 1.72. The van der Waals surface area contributed by atoms with Crippen LogP contribution in [0, 0.1) is 0 Å². The van der Waals surface area contributed by atoms with Crippen molar-refractivity contribution in [3.63, 3.8) is 0 Å². The number of halogens is 3. The summed E-state index contributed by atoms with van der Waals surface area (Å²) >= 11 is 0. The van der Waals surface area contributed by atoms with Crippen molar-refractivity contribution in [3.8, 4) is 5.75 Å². The van der Waals surface area contributed by atoms with Crippen molar-refractivity contribution in [2.75, 3.05) is 0 Å². The second kappa shape index (κ2) is 4.63. The number of hydrogen-bond acceptors (Lipinski definition) is 4. The van der Waals surface area contributed by atoms with E-state index in [4.69, 9.17) is 9.31 Å². The minimum atomic E-state index is -4.74. The van der Waals surface area contributed by atoms with Gasteiger partial charge in [-0.15, -0.1) is 13.2 Å². The molecule has 0 bridgehead atoms. The van der Waals surface area contributed by atoms with Gasteiger partial charge in [0.25, 0.3) is 0 Å². The quantitative estimate of drug-likeness (QED) is 0.783. The topological polar surface area (TPSA) is 40.6 Å². The smallest absolute Gasteiger partial charge is 0.406 e. The number of nitrogens with zero attached hydrogens (tertiary/aromatic N) is 1. The minimum absolute atomic E-state index is 0.241. The monoisotopic (exact) mass is 289 g/mol. The molecule has 20 heavy (non-hydrogen) atoms. The summed E-state index contributed by atoms with van der Waals surface area (Å²) in [6.45, 7) is 7.40. The minimum Gasteiger partial charge on any atom is -0.406 e. The molecule has 0 N–H and O–H groups in total. The number of rotatable bonds is 2. The van der Waals surface area contributed by atoms with E-state index in [1.807, 2.05) is 27.7 Å². The van der Waals surface area contributed by atoms with Gasteiger partial charge in [0.15, 0.2) is 0 Å². The maximum absolute atomic E-state index is 12.2. The third-order valence-electron chi connectivity index (χ3n) is 3.48. The Morgan fingerprint density at radius 1 is 1.15 bits per heavy atom. The van der Waals surface area contributed by atoms with Crippen LogP contribution in [0.4, 0.5) is 13.2 Å². The summed E-state index contributed by atoms with van der Waals surface area (Å²) in [6.07, 6.45) is -3.52. The fraction of sp³-hybridized carbons (Fsp3) is 0.583. The van der Waals surface area contributed by atoms with Crippen LogP contribution in [0.15, 0.2) is 18.3 Å². The van der Waals surface area contributed by atoms with Gasteiger partial charge in [0.1, 0.15) is 5.75 Å². The molecule has 0 amide bonds. The molecule has 1 fully saturated rings. The Morgan fingerprint density at radius 3 is 2.20 bits per heavy atom. The van der Waals surface area contributed by atoms with Gasteiger partial charge in [-0.3, -0.25) is 4.98 Å². The molecule has 1 saturated heterocycles. The molecule has 0 atom stereocenters. The fourth-order valence-corrected chi connectivity index (χ4v) is 1.72. The number of ether oxygens (including phenoxy) is 1. The second-order valence-electron chi connectivity index (χ2n) is 5.55. The highest BCUT2D eigenvalue weighted by molar-refractivity contribution is 6.61. The third-order valence-corrected chi connectivity index (χ3v) is 3.48. The third kappa shape index (κ3) is 3.07. The Labute approximate surface area is 115 Å². The first-order valence-corrected chi connectivity index (χ1v) is 6.07. The molecular weight excluding hydrogens is 274 g/mol. The van der Waals surface area contributed by atoms with E-state index in [1.165, 1.54) is 6.20 Å². The molecule has 4 nitrogen and oxygen atoms in total. The van der Waals surface area contributed by atoms with Gasteiger partial charge in [-0.25, -0.2) is 0 Å². The van der Waals surface area contributed by atoms with Crippen LogP contribution >= 0.6 is 0 Å². The lowest BCUT2D eigenvalue weighted by atomic mass is 9.84. The summed E-state index contributed by atoms with van der Waals surface area (Å²) in [5, 5.41) is 0.